The van der Waals surface area contributed by atoms with Crippen LogP contribution in [-0.2, 0) is 23.8 Å². The molecule has 114 valence electrons. The Morgan fingerprint density at radius 3 is 2.64 bits per heavy atom. The van der Waals surface area contributed by atoms with Crippen LogP contribution in [0.4, 0.5) is 0 Å². The van der Waals surface area contributed by atoms with Crippen molar-refractivity contribution < 1.29 is 4.57 Å². The second kappa shape index (κ2) is 4.22. The quantitative estimate of drug-likeness (QED) is 0.580. The normalized spacial score (nSPS) is 21.9. The number of hydrogen-bond donors (Lipinski definition) is 0. The molecule has 1 unspecified atom stereocenters. The van der Waals surface area contributed by atoms with E-state index in [4.69, 9.17) is 0 Å². The molecule has 1 aliphatic carbocycles. The average Bonchev–Trinajstić information content (AvgIpc) is 2.85. The predicted molar refractivity (Wildman–Crippen MR) is 91.2 cm³/mol. The summed E-state index contributed by atoms with van der Waals surface area (Å²) in [6, 6.07) is 9.33. The van der Waals surface area contributed by atoms with Gasteiger partial charge >= 0.3 is 0 Å². The summed E-state index contributed by atoms with van der Waals surface area (Å²) in [7, 11) is 0. The number of hydrogen-bond acceptors (Lipinski definition) is 0. The Morgan fingerprint density at radius 1 is 1.18 bits per heavy atom. The van der Waals surface area contributed by atoms with Gasteiger partial charge in [-0.05, 0) is 35.4 Å². The first-order valence-electron chi connectivity index (χ1n) is 8.54. The molecule has 1 aromatic heterocycles. The Balaban J connectivity index is 2.06. The summed E-state index contributed by atoms with van der Waals surface area (Å²) in [5.74, 6) is 0. The van der Waals surface area contributed by atoms with Crippen molar-refractivity contribution in [2.24, 2.45) is 0 Å². The monoisotopic (exact) mass is 292 g/mol. The SMILES string of the molecule is CCC1(C)C[n+]2ccc(C(C)(C)C)c3c2-c2c(cccc21)C3. The van der Waals surface area contributed by atoms with E-state index in [-0.39, 0.29) is 10.8 Å². The van der Waals surface area contributed by atoms with Gasteiger partial charge in [0, 0.05) is 18.1 Å². The Morgan fingerprint density at radius 2 is 1.95 bits per heavy atom. The van der Waals surface area contributed by atoms with E-state index in [1.165, 1.54) is 23.2 Å². The third kappa shape index (κ3) is 1.68. The van der Waals surface area contributed by atoms with Crippen LogP contribution in [0.25, 0.3) is 11.3 Å². The van der Waals surface area contributed by atoms with Gasteiger partial charge in [-0.2, -0.15) is 4.57 Å². The maximum atomic E-state index is 2.52. The van der Waals surface area contributed by atoms with Crippen LogP contribution in [-0.4, -0.2) is 0 Å². The third-order valence-corrected chi connectivity index (χ3v) is 5.83. The van der Waals surface area contributed by atoms with E-state index in [9.17, 15) is 0 Å². The van der Waals surface area contributed by atoms with Gasteiger partial charge in [0.05, 0.1) is 11.0 Å². The molecule has 22 heavy (non-hydrogen) atoms. The van der Waals surface area contributed by atoms with E-state index in [0.29, 0.717) is 0 Å². The van der Waals surface area contributed by atoms with Crippen molar-refractivity contribution in [2.45, 2.75) is 64.8 Å². The molecule has 0 saturated heterocycles. The van der Waals surface area contributed by atoms with Crippen molar-refractivity contribution in [3.05, 3.63) is 52.7 Å². The zero-order valence-electron chi connectivity index (χ0n) is 14.5. The maximum absolute atomic E-state index is 2.52. The molecule has 2 aromatic rings. The van der Waals surface area contributed by atoms with Crippen LogP contribution in [0.5, 0.6) is 0 Å². The van der Waals surface area contributed by atoms with Gasteiger partial charge in [0.25, 0.3) is 0 Å². The number of benzene rings is 1. The van der Waals surface area contributed by atoms with Gasteiger partial charge in [-0.3, -0.25) is 0 Å². The zero-order valence-corrected chi connectivity index (χ0v) is 14.5. The summed E-state index contributed by atoms with van der Waals surface area (Å²) < 4.78 is 2.52. The van der Waals surface area contributed by atoms with Crippen LogP contribution in [0.15, 0.2) is 30.5 Å². The molecular weight excluding hydrogens is 266 g/mol. The summed E-state index contributed by atoms with van der Waals surface area (Å²) in [5, 5.41) is 0. The lowest BCUT2D eigenvalue weighted by atomic mass is 9.74. The lowest BCUT2D eigenvalue weighted by molar-refractivity contribution is -0.696. The first kappa shape index (κ1) is 14.0. The van der Waals surface area contributed by atoms with E-state index in [0.717, 1.165) is 13.0 Å². The second-order valence-corrected chi connectivity index (χ2v) is 8.37. The predicted octanol–water partition coefficient (Wildman–Crippen LogP) is 4.52. The summed E-state index contributed by atoms with van der Waals surface area (Å²) >= 11 is 0. The minimum Gasteiger partial charge on any atom is -0.197 e. The second-order valence-electron chi connectivity index (χ2n) is 8.37. The molecular formula is C21H26N+. The van der Waals surface area contributed by atoms with Crippen LogP contribution < -0.4 is 4.57 Å². The van der Waals surface area contributed by atoms with Crippen molar-refractivity contribution in [2.75, 3.05) is 0 Å². The van der Waals surface area contributed by atoms with Crippen LogP contribution in [0.2, 0.25) is 0 Å². The van der Waals surface area contributed by atoms with Gasteiger partial charge in [0.2, 0.25) is 5.69 Å². The van der Waals surface area contributed by atoms with E-state index in [2.05, 4.69) is 69.6 Å². The molecule has 0 spiro atoms. The van der Waals surface area contributed by atoms with Crippen molar-refractivity contribution in [3.8, 4) is 11.3 Å². The molecule has 0 amide bonds. The van der Waals surface area contributed by atoms with Gasteiger partial charge in [0.15, 0.2) is 12.7 Å². The molecule has 0 fully saturated rings. The van der Waals surface area contributed by atoms with Crippen LogP contribution in [0, 0.1) is 0 Å². The van der Waals surface area contributed by atoms with Gasteiger partial charge in [-0.25, -0.2) is 0 Å². The Kier molecular flexibility index (Phi) is 2.68. The first-order valence-corrected chi connectivity index (χ1v) is 8.54. The van der Waals surface area contributed by atoms with Crippen molar-refractivity contribution in [3.63, 3.8) is 0 Å². The fourth-order valence-corrected chi connectivity index (χ4v) is 4.43. The van der Waals surface area contributed by atoms with Crippen molar-refractivity contribution in [1.29, 1.82) is 0 Å². The highest BCUT2D eigenvalue weighted by atomic mass is 15.0. The van der Waals surface area contributed by atoms with Gasteiger partial charge in [-0.1, -0.05) is 45.9 Å². The molecule has 1 nitrogen and oxygen atoms in total. The molecule has 2 heterocycles. The number of pyridine rings is 1. The van der Waals surface area contributed by atoms with Crippen LogP contribution in [0.3, 0.4) is 0 Å². The van der Waals surface area contributed by atoms with Crippen molar-refractivity contribution in [1.82, 2.24) is 0 Å². The van der Waals surface area contributed by atoms with Gasteiger partial charge in [-0.15, -0.1) is 0 Å². The summed E-state index contributed by atoms with van der Waals surface area (Å²) in [5.41, 5.74) is 9.68. The third-order valence-electron chi connectivity index (χ3n) is 5.83. The molecule has 0 radical (unpaired) electrons. The summed E-state index contributed by atoms with van der Waals surface area (Å²) in [6.45, 7) is 12.8. The topological polar surface area (TPSA) is 3.88 Å². The fraction of sp³-hybridized carbons (Fsp3) is 0.476. The molecule has 0 N–H and O–H groups in total. The number of nitrogens with zero attached hydrogens (tertiary/aromatic N) is 1. The molecule has 1 aromatic carbocycles. The van der Waals surface area contributed by atoms with Gasteiger partial charge in [0.1, 0.15) is 0 Å². The Bertz CT molecular complexity index is 779. The average molecular weight is 292 g/mol. The fourth-order valence-electron chi connectivity index (χ4n) is 4.43. The molecule has 0 saturated carbocycles. The van der Waals surface area contributed by atoms with Crippen LogP contribution >= 0.6 is 0 Å². The number of aromatic nitrogens is 1. The minimum atomic E-state index is 0.207. The minimum absolute atomic E-state index is 0.207. The highest BCUT2D eigenvalue weighted by molar-refractivity contribution is 5.77. The zero-order chi connectivity index (χ0) is 15.7. The Hall–Kier alpha value is -1.63. The van der Waals surface area contributed by atoms with Crippen LogP contribution in [0.1, 0.15) is 63.3 Å². The molecule has 4 rings (SSSR count). The number of rotatable bonds is 1. The lowest BCUT2D eigenvalue weighted by Gasteiger charge is -2.32. The molecule has 1 aliphatic heterocycles. The van der Waals surface area contributed by atoms with E-state index >= 15 is 0 Å². The summed E-state index contributed by atoms with van der Waals surface area (Å²) in [6.07, 6.45) is 4.62. The standard InChI is InChI=1S/C21H26N/c1-6-21(5)13-22-11-10-16(20(2,3)4)15-12-14-8-7-9-17(21)18(14)19(15)22/h7-11H,6,12-13H2,1-5H3/q+1. The first-order chi connectivity index (χ1) is 10.3. The molecule has 2 aliphatic rings. The molecule has 1 heteroatoms. The lowest BCUT2D eigenvalue weighted by Crippen LogP contribution is -2.49. The Labute approximate surface area is 134 Å². The van der Waals surface area contributed by atoms with E-state index in [1.54, 1.807) is 16.7 Å². The van der Waals surface area contributed by atoms with Gasteiger partial charge < -0.3 is 0 Å². The van der Waals surface area contributed by atoms with E-state index in [1.807, 2.05) is 0 Å². The molecule has 0 bridgehead atoms. The largest absolute Gasteiger partial charge is 0.216 e. The smallest absolute Gasteiger partial charge is 0.197 e. The van der Waals surface area contributed by atoms with E-state index < -0.39 is 0 Å². The summed E-state index contributed by atoms with van der Waals surface area (Å²) in [4.78, 5) is 0. The van der Waals surface area contributed by atoms with Crippen molar-refractivity contribution >= 4 is 0 Å². The maximum Gasteiger partial charge on any atom is 0.216 e. The highest BCUT2D eigenvalue weighted by Gasteiger charge is 2.45. The molecule has 1 atom stereocenters. The highest BCUT2D eigenvalue weighted by Crippen LogP contribution is 2.47.